The fourth-order valence-corrected chi connectivity index (χ4v) is 4.72. The lowest BCUT2D eigenvalue weighted by atomic mass is 10.1. The number of hydrogen-bond donors (Lipinski definition) is 1. The molecule has 1 N–H and O–H groups in total. The van der Waals surface area contributed by atoms with Crippen LogP contribution in [-0.2, 0) is 16.4 Å². The van der Waals surface area contributed by atoms with E-state index in [1.54, 1.807) is 18.3 Å². The molecule has 7 heteroatoms. The number of thiazole rings is 1. The molecule has 23 heavy (non-hydrogen) atoms. The molecule has 1 aliphatic rings. The third-order valence-electron chi connectivity index (χ3n) is 3.85. The van der Waals surface area contributed by atoms with Gasteiger partial charge >= 0.3 is 0 Å². The number of fused-ring (bicyclic) bond motifs is 1. The number of nitrogens with one attached hydrogen (secondary N) is 1. The second-order valence-electron chi connectivity index (χ2n) is 5.90. The summed E-state index contributed by atoms with van der Waals surface area (Å²) in [6.45, 7) is 6.38. The van der Waals surface area contributed by atoms with Crippen LogP contribution in [-0.4, -0.2) is 31.7 Å². The molecule has 2 heterocycles. The van der Waals surface area contributed by atoms with E-state index in [1.165, 1.54) is 4.31 Å². The Labute approximate surface area is 141 Å². The number of hydrogen-bond acceptors (Lipinski definition) is 5. The van der Waals surface area contributed by atoms with Gasteiger partial charge in [-0.1, -0.05) is 6.07 Å². The summed E-state index contributed by atoms with van der Waals surface area (Å²) in [7, 11) is -3.19. The van der Waals surface area contributed by atoms with E-state index in [1.807, 2.05) is 17.5 Å². The van der Waals surface area contributed by atoms with E-state index in [0.717, 1.165) is 34.1 Å². The van der Waals surface area contributed by atoms with Crippen LogP contribution >= 0.6 is 11.3 Å². The Morgan fingerprint density at radius 1 is 1.39 bits per heavy atom. The Bertz CT molecular complexity index is 812. The third-order valence-corrected chi connectivity index (χ3v) is 6.40. The first-order valence-corrected chi connectivity index (χ1v) is 10.3. The van der Waals surface area contributed by atoms with Gasteiger partial charge in [0.2, 0.25) is 10.0 Å². The fraction of sp³-hybridized carbons (Fsp3) is 0.438. The normalized spacial score (nSPS) is 14.3. The summed E-state index contributed by atoms with van der Waals surface area (Å²) >= 11 is 1.59. The standard InChI is InChI=1S/C16H21N3O2S2/c1-4-23(20,21)19-8-7-13-9-12(5-6-15(13)19)14-10-22-16(18-14)17-11(2)3/h5-6,9-11H,4,7-8H2,1-3H3,(H,17,18). The molecule has 5 nitrogen and oxygen atoms in total. The second kappa shape index (κ2) is 6.13. The molecule has 1 aromatic carbocycles. The van der Waals surface area contributed by atoms with Crippen LogP contribution in [0.1, 0.15) is 26.3 Å². The zero-order chi connectivity index (χ0) is 16.6. The van der Waals surface area contributed by atoms with E-state index in [4.69, 9.17) is 0 Å². The average Bonchev–Trinajstić information content (AvgIpc) is 3.12. The third kappa shape index (κ3) is 3.21. The SMILES string of the molecule is CCS(=O)(=O)N1CCc2cc(-c3csc(NC(C)C)n3)ccc21. The molecule has 0 fully saturated rings. The zero-order valence-electron chi connectivity index (χ0n) is 13.5. The fourth-order valence-electron chi connectivity index (χ4n) is 2.70. The molecule has 1 aromatic heterocycles. The summed E-state index contributed by atoms with van der Waals surface area (Å²) in [4.78, 5) is 4.61. The van der Waals surface area contributed by atoms with E-state index in [9.17, 15) is 8.42 Å². The molecular formula is C16H21N3O2S2. The number of rotatable bonds is 5. The average molecular weight is 351 g/mol. The maximum absolute atomic E-state index is 12.1. The summed E-state index contributed by atoms with van der Waals surface area (Å²) in [5.41, 5.74) is 3.85. The highest BCUT2D eigenvalue weighted by atomic mass is 32.2. The van der Waals surface area contributed by atoms with Crippen LogP contribution in [0.4, 0.5) is 10.8 Å². The van der Waals surface area contributed by atoms with Crippen LogP contribution in [0.2, 0.25) is 0 Å². The van der Waals surface area contributed by atoms with Crippen LogP contribution < -0.4 is 9.62 Å². The quantitative estimate of drug-likeness (QED) is 0.897. The summed E-state index contributed by atoms with van der Waals surface area (Å²) < 4.78 is 25.8. The lowest BCUT2D eigenvalue weighted by molar-refractivity contribution is 0.593. The number of anilines is 2. The Morgan fingerprint density at radius 3 is 2.87 bits per heavy atom. The topological polar surface area (TPSA) is 62.3 Å². The van der Waals surface area contributed by atoms with Gasteiger partial charge in [-0.05, 0) is 44.9 Å². The van der Waals surface area contributed by atoms with Crippen molar-refractivity contribution in [2.24, 2.45) is 0 Å². The van der Waals surface area contributed by atoms with Gasteiger partial charge in [-0.15, -0.1) is 11.3 Å². The predicted octanol–water partition coefficient (Wildman–Crippen LogP) is 3.34. The Morgan fingerprint density at radius 2 is 2.17 bits per heavy atom. The van der Waals surface area contributed by atoms with Crippen molar-refractivity contribution < 1.29 is 8.42 Å². The number of sulfonamides is 1. The van der Waals surface area contributed by atoms with Gasteiger partial charge in [0.1, 0.15) is 0 Å². The van der Waals surface area contributed by atoms with Gasteiger partial charge < -0.3 is 5.32 Å². The van der Waals surface area contributed by atoms with Crippen molar-refractivity contribution in [2.75, 3.05) is 21.9 Å². The van der Waals surface area contributed by atoms with E-state index >= 15 is 0 Å². The number of aromatic nitrogens is 1. The monoisotopic (exact) mass is 351 g/mol. The summed E-state index contributed by atoms with van der Waals surface area (Å²) in [6.07, 6.45) is 0.754. The van der Waals surface area contributed by atoms with Crippen molar-refractivity contribution >= 4 is 32.2 Å². The van der Waals surface area contributed by atoms with Crippen LogP contribution in [0.5, 0.6) is 0 Å². The van der Waals surface area contributed by atoms with Crippen molar-refractivity contribution in [2.45, 2.75) is 33.2 Å². The molecule has 2 aromatic rings. The van der Waals surface area contributed by atoms with Gasteiger partial charge in [-0.3, -0.25) is 4.31 Å². The van der Waals surface area contributed by atoms with Crippen molar-refractivity contribution in [3.63, 3.8) is 0 Å². The molecular weight excluding hydrogens is 330 g/mol. The zero-order valence-corrected chi connectivity index (χ0v) is 15.2. The second-order valence-corrected chi connectivity index (χ2v) is 8.94. The Hall–Kier alpha value is -1.60. The molecule has 0 spiro atoms. The molecule has 0 unspecified atom stereocenters. The Balaban J connectivity index is 1.89. The van der Waals surface area contributed by atoms with Crippen molar-refractivity contribution in [3.05, 3.63) is 29.1 Å². The lowest BCUT2D eigenvalue weighted by Gasteiger charge is -2.18. The summed E-state index contributed by atoms with van der Waals surface area (Å²) in [5.74, 6) is 0.129. The van der Waals surface area contributed by atoms with Crippen LogP contribution in [0.25, 0.3) is 11.3 Å². The minimum atomic E-state index is -3.19. The number of benzene rings is 1. The minimum Gasteiger partial charge on any atom is -0.359 e. The molecule has 0 radical (unpaired) electrons. The molecule has 3 rings (SSSR count). The molecule has 0 amide bonds. The number of nitrogens with zero attached hydrogens (tertiary/aromatic N) is 2. The van der Waals surface area contributed by atoms with E-state index < -0.39 is 10.0 Å². The highest BCUT2D eigenvalue weighted by Gasteiger charge is 2.28. The predicted molar refractivity (Wildman–Crippen MR) is 96.8 cm³/mol. The van der Waals surface area contributed by atoms with E-state index in [0.29, 0.717) is 12.6 Å². The highest BCUT2D eigenvalue weighted by Crippen LogP contribution is 2.34. The van der Waals surface area contributed by atoms with Crippen molar-refractivity contribution in [3.8, 4) is 11.3 Å². The minimum absolute atomic E-state index is 0.129. The van der Waals surface area contributed by atoms with Crippen LogP contribution in [0, 0.1) is 0 Å². The summed E-state index contributed by atoms with van der Waals surface area (Å²) in [6, 6.07) is 6.27. The molecule has 0 atom stereocenters. The van der Waals surface area contributed by atoms with Gasteiger partial charge in [-0.25, -0.2) is 13.4 Å². The molecule has 0 bridgehead atoms. The first-order valence-electron chi connectivity index (χ1n) is 7.76. The molecule has 1 aliphatic heterocycles. The van der Waals surface area contributed by atoms with Crippen molar-refractivity contribution in [1.82, 2.24) is 4.98 Å². The van der Waals surface area contributed by atoms with Gasteiger partial charge in [0.25, 0.3) is 0 Å². The molecule has 0 saturated carbocycles. The lowest BCUT2D eigenvalue weighted by Crippen LogP contribution is -2.30. The maximum Gasteiger partial charge on any atom is 0.234 e. The molecule has 124 valence electrons. The molecule has 0 aliphatic carbocycles. The van der Waals surface area contributed by atoms with Gasteiger partial charge in [0.05, 0.1) is 17.1 Å². The Kier molecular flexibility index (Phi) is 4.33. The van der Waals surface area contributed by atoms with Gasteiger partial charge in [-0.2, -0.15) is 0 Å². The van der Waals surface area contributed by atoms with Gasteiger partial charge in [0, 0.05) is 23.5 Å². The molecule has 0 saturated heterocycles. The smallest absolute Gasteiger partial charge is 0.234 e. The van der Waals surface area contributed by atoms with Crippen LogP contribution in [0.15, 0.2) is 23.6 Å². The maximum atomic E-state index is 12.1. The first kappa shape index (κ1) is 16.3. The van der Waals surface area contributed by atoms with Gasteiger partial charge in [0.15, 0.2) is 5.13 Å². The van der Waals surface area contributed by atoms with Crippen LogP contribution in [0.3, 0.4) is 0 Å². The van der Waals surface area contributed by atoms with Crippen molar-refractivity contribution in [1.29, 1.82) is 0 Å². The first-order chi connectivity index (χ1) is 10.9. The largest absolute Gasteiger partial charge is 0.359 e. The summed E-state index contributed by atoms with van der Waals surface area (Å²) in [5, 5.41) is 6.24. The van der Waals surface area contributed by atoms with E-state index in [2.05, 4.69) is 30.2 Å². The highest BCUT2D eigenvalue weighted by molar-refractivity contribution is 7.92. The van der Waals surface area contributed by atoms with E-state index in [-0.39, 0.29) is 5.75 Å².